The lowest BCUT2D eigenvalue weighted by molar-refractivity contribution is -0.122. The third-order valence-electron chi connectivity index (χ3n) is 2.54. The molecule has 0 aliphatic carbocycles. The van der Waals surface area contributed by atoms with E-state index >= 15 is 0 Å². The van der Waals surface area contributed by atoms with Gasteiger partial charge in [0.1, 0.15) is 24.7 Å². The van der Waals surface area contributed by atoms with Crippen molar-refractivity contribution in [3.05, 3.63) is 23.8 Å². The van der Waals surface area contributed by atoms with E-state index in [-0.39, 0.29) is 25.1 Å². The Morgan fingerprint density at radius 3 is 3.28 bits per heavy atom. The number of nitrogens with one attached hydrogen (secondary N) is 1. The van der Waals surface area contributed by atoms with Crippen LogP contribution in [-0.4, -0.2) is 25.7 Å². The first-order chi connectivity index (χ1) is 8.70. The maximum atomic E-state index is 11.2. The van der Waals surface area contributed by atoms with Gasteiger partial charge in [-0.05, 0) is 12.1 Å². The van der Waals surface area contributed by atoms with Crippen LogP contribution in [0.4, 0.5) is 0 Å². The fourth-order valence-electron chi connectivity index (χ4n) is 1.64. The summed E-state index contributed by atoms with van der Waals surface area (Å²) in [4.78, 5) is 11.2. The smallest absolute Gasteiger partial charge is 0.258 e. The van der Waals surface area contributed by atoms with Gasteiger partial charge in [0.05, 0.1) is 12.1 Å². The molecule has 0 saturated carbocycles. The quantitative estimate of drug-likeness (QED) is 0.735. The van der Waals surface area contributed by atoms with Gasteiger partial charge in [0.25, 0.3) is 5.91 Å². The van der Waals surface area contributed by atoms with E-state index in [1.54, 1.807) is 12.1 Å². The van der Waals surface area contributed by atoms with E-state index in [1.165, 1.54) is 0 Å². The van der Waals surface area contributed by atoms with Crippen LogP contribution >= 0.6 is 0 Å². The van der Waals surface area contributed by atoms with Crippen molar-refractivity contribution in [1.29, 1.82) is 5.26 Å². The number of rotatable bonds is 4. The number of carbonyl (C=O) groups is 1. The van der Waals surface area contributed by atoms with E-state index in [2.05, 4.69) is 5.32 Å². The first-order valence-corrected chi connectivity index (χ1v) is 5.49. The Kier molecular flexibility index (Phi) is 3.65. The van der Waals surface area contributed by atoms with E-state index in [4.69, 9.17) is 20.5 Å². The lowest BCUT2D eigenvalue weighted by atomic mass is 10.1. The van der Waals surface area contributed by atoms with Crippen molar-refractivity contribution in [2.24, 2.45) is 5.73 Å². The van der Waals surface area contributed by atoms with Crippen molar-refractivity contribution < 1.29 is 14.3 Å². The highest BCUT2D eigenvalue weighted by Gasteiger charge is 2.20. The Labute approximate surface area is 104 Å². The summed E-state index contributed by atoms with van der Waals surface area (Å²) < 4.78 is 10.7. The summed E-state index contributed by atoms with van der Waals surface area (Å²) in [5.74, 6) is 0.891. The Hall–Kier alpha value is -2.26. The molecule has 1 aromatic rings. The van der Waals surface area contributed by atoms with Crippen LogP contribution in [0.15, 0.2) is 18.2 Å². The van der Waals surface area contributed by atoms with Gasteiger partial charge in [-0.3, -0.25) is 4.79 Å². The number of nitriles is 1. The average Bonchev–Trinajstić information content (AvgIpc) is 2.75. The minimum absolute atomic E-state index is 0.0235. The van der Waals surface area contributed by atoms with Gasteiger partial charge >= 0.3 is 0 Å². The summed E-state index contributed by atoms with van der Waals surface area (Å²) in [7, 11) is 0. The number of amides is 1. The average molecular weight is 247 g/mol. The molecule has 0 fully saturated rings. The van der Waals surface area contributed by atoms with Gasteiger partial charge < -0.3 is 20.5 Å². The number of carbonyl (C=O) groups excluding carboxylic acids is 1. The number of fused-ring (bicyclic) bond motifs is 1. The maximum absolute atomic E-state index is 11.2. The van der Waals surface area contributed by atoms with Crippen molar-refractivity contribution in [2.75, 3.05) is 19.8 Å². The second-order valence-corrected chi connectivity index (χ2v) is 3.84. The zero-order valence-electron chi connectivity index (χ0n) is 9.68. The van der Waals surface area contributed by atoms with Gasteiger partial charge in [-0.1, -0.05) is 0 Å². The van der Waals surface area contributed by atoms with Crippen molar-refractivity contribution in [3.8, 4) is 17.6 Å². The number of nitrogens with zero attached hydrogens (tertiary/aromatic N) is 1. The first-order valence-electron chi connectivity index (χ1n) is 5.49. The molecule has 1 unspecified atom stereocenters. The van der Waals surface area contributed by atoms with E-state index in [0.717, 1.165) is 5.56 Å². The minimum Gasteiger partial charge on any atom is -0.491 e. The van der Waals surface area contributed by atoms with Crippen LogP contribution < -0.4 is 20.5 Å². The molecule has 0 bridgehead atoms. The van der Waals surface area contributed by atoms with Gasteiger partial charge in [-0.15, -0.1) is 0 Å². The zero-order chi connectivity index (χ0) is 13.0. The molecule has 0 spiro atoms. The fraction of sp³-hybridized carbons (Fsp3) is 0.333. The molecule has 3 N–H and O–H groups in total. The third kappa shape index (κ3) is 2.70. The number of hydrogen-bond acceptors (Lipinski definition) is 5. The number of hydrogen-bond donors (Lipinski definition) is 2. The molecule has 0 aromatic heterocycles. The molecule has 0 saturated heterocycles. The second kappa shape index (κ2) is 5.38. The van der Waals surface area contributed by atoms with Gasteiger partial charge in [0, 0.05) is 11.6 Å². The summed E-state index contributed by atoms with van der Waals surface area (Å²) in [5.41, 5.74) is 6.75. The molecular formula is C12H13N3O3. The Balaban J connectivity index is 1.91. The summed E-state index contributed by atoms with van der Waals surface area (Å²) >= 11 is 0. The van der Waals surface area contributed by atoms with Crippen LogP contribution in [0.1, 0.15) is 11.6 Å². The summed E-state index contributed by atoms with van der Waals surface area (Å²) in [6.45, 7) is 0.304. The molecule has 94 valence electrons. The highest BCUT2D eigenvalue weighted by Crippen LogP contribution is 2.33. The Bertz CT molecular complexity index is 496. The molecule has 6 nitrogen and oxygen atoms in total. The van der Waals surface area contributed by atoms with Crippen molar-refractivity contribution in [1.82, 2.24) is 5.32 Å². The highest BCUT2D eigenvalue weighted by atomic mass is 16.5. The lowest BCUT2D eigenvalue weighted by Gasteiger charge is -2.07. The number of ether oxygens (including phenoxy) is 2. The van der Waals surface area contributed by atoms with Crippen molar-refractivity contribution in [2.45, 2.75) is 6.04 Å². The molecule has 1 heterocycles. The Morgan fingerprint density at radius 1 is 1.67 bits per heavy atom. The minimum atomic E-state index is -0.338. The van der Waals surface area contributed by atoms with E-state index < -0.39 is 0 Å². The van der Waals surface area contributed by atoms with Crippen LogP contribution in [0.3, 0.4) is 0 Å². The molecule has 6 heteroatoms. The molecule has 18 heavy (non-hydrogen) atoms. The van der Waals surface area contributed by atoms with Crippen LogP contribution in [0.2, 0.25) is 0 Å². The SMILES string of the molecule is N#CCNC(=O)COc1ccc2c(c1)OCC2N. The van der Waals surface area contributed by atoms with Gasteiger partial charge in [0.2, 0.25) is 0 Å². The molecule has 1 aromatic carbocycles. The first kappa shape index (κ1) is 12.2. The van der Waals surface area contributed by atoms with E-state index in [9.17, 15) is 4.79 Å². The van der Waals surface area contributed by atoms with Crippen molar-refractivity contribution >= 4 is 5.91 Å². The van der Waals surface area contributed by atoms with Crippen LogP contribution in [-0.2, 0) is 4.79 Å². The third-order valence-corrected chi connectivity index (χ3v) is 2.54. The molecule has 1 aliphatic heterocycles. The van der Waals surface area contributed by atoms with Crippen LogP contribution in [0.25, 0.3) is 0 Å². The zero-order valence-corrected chi connectivity index (χ0v) is 9.68. The van der Waals surface area contributed by atoms with Gasteiger partial charge in [0.15, 0.2) is 6.61 Å². The normalized spacial score (nSPS) is 16.3. The summed E-state index contributed by atoms with van der Waals surface area (Å²) in [6, 6.07) is 6.99. The second-order valence-electron chi connectivity index (χ2n) is 3.84. The molecular weight excluding hydrogens is 234 g/mol. The number of nitrogens with two attached hydrogens (primary N) is 1. The molecule has 2 rings (SSSR count). The highest BCUT2D eigenvalue weighted by molar-refractivity contribution is 5.77. The largest absolute Gasteiger partial charge is 0.491 e. The van der Waals surface area contributed by atoms with E-state index in [1.807, 2.05) is 12.1 Å². The number of benzene rings is 1. The topological polar surface area (TPSA) is 97.4 Å². The summed E-state index contributed by atoms with van der Waals surface area (Å²) in [5, 5.41) is 10.7. The van der Waals surface area contributed by atoms with Crippen LogP contribution in [0, 0.1) is 11.3 Å². The van der Waals surface area contributed by atoms with Crippen LogP contribution in [0.5, 0.6) is 11.5 Å². The lowest BCUT2D eigenvalue weighted by Crippen LogP contribution is -2.29. The predicted octanol–water partition coefficient (Wildman–Crippen LogP) is 0.0974. The summed E-state index contributed by atoms with van der Waals surface area (Å²) in [6.07, 6.45) is 0. The molecule has 1 atom stereocenters. The molecule has 0 radical (unpaired) electrons. The fourth-order valence-corrected chi connectivity index (χ4v) is 1.64. The Morgan fingerprint density at radius 2 is 2.50 bits per heavy atom. The van der Waals surface area contributed by atoms with E-state index in [0.29, 0.717) is 18.1 Å². The maximum Gasteiger partial charge on any atom is 0.258 e. The van der Waals surface area contributed by atoms with Crippen molar-refractivity contribution in [3.63, 3.8) is 0 Å². The molecule has 1 aliphatic rings. The monoisotopic (exact) mass is 247 g/mol. The van der Waals surface area contributed by atoms with Gasteiger partial charge in [-0.2, -0.15) is 5.26 Å². The molecule has 1 amide bonds. The van der Waals surface area contributed by atoms with Gasteiger partial charge in [-0.25, -0.2) is 0 Å². The standard InChI is InChI=1S/C12H13N3O3/c13-3-4-15-12(16)7-17-8-1-2-9-10(14)6-18-11(9)5-8/h1-2,5,10H,4,6-7,14H2,(H,15,16). The predicted molar refractivity (Wildman–Crippen MR) is 63.0 cm³/mol.